The van der Waals surface area contributed by atoms with Crippen LogP contribution in [0.2, 0.25) is 0 Å². The summed E-state index contributed by atoms with van der Waals surface area (Å²) in [4.78, 5) is 29.1. The van der Waals surface area contributed by atoms with E-state index in [1.54, 1.807) is 12.1 Å². The molecule has 0 radical (unpaired) electrons. The average Bonchev–Trinajstić information content (AvgIpc) is 3.02. The molecule has 1 aromatic carbocycles. The fourth-order valence-corrected chi connectivity index (χ4v) is 2.38. The number of oxime groups is 1. The van der Waals surface area contributed by atoms with Gasteiger partial charge in [0.05, 0.1) is 12.8 Å². The number of amides is 1. The van der Waals surface area contributed by atoms with Crippen LogP contribution in [-0.4, -0.2) is 36.8 Å². The Balaban J connectivity index is 1.90. The summed E-state index contributed by atoms with van der Waals surface area (Å²) in [5.41, 5.74) is 1.58. The number of hydrogen-bond acceptors (Lipinski definition) is 5. The van der Waals surface area contributed by atoms with Crippen molar-refractivity contribution in [1.29, 1.82) is 0 Å². The van der Waals surface area contributed by atoms with Gasteiger partial charge < -0.3 is 14.9 Å². The minimum atomic E-state index is -0.772. The largest absolute Gasteiger partial charge is 0.467 e. The van der Waals surface area contributed by atoms with Gasteiger partial charge in [-0.2, -0.15) is 0 Å². The van der Waals surface area contributed by atoms with Gasteiger partial charge in [-0.3, -0.25) is 4.79 Å². The number of carbonyl (C=O) groups excluding carboxylic acids is 2. The summed E-state index contributed by atoms with van der Waals surface area (Å²) in [5, 5.41) is 6.56. The molecule has 0 saturated carbocycles. The minimum Gasteiger partial charge on any atom is -0.467 e. The van der Waals surface area contributed by atoms with Crippen molar-refractivity contribution in [3.8, 4) is 0 Å². The molecule has 1 aliphatic heterocycles. The molecule has 0 spiro atoms. The molecule has 0 aliphatic carbocycles. The average molecular weight is 336 g/mol. The molecule has 24 heavy (non-hydrogen) atoms. The van der Waals surface area contributed by atoms with Crippen LogP contribution in [0.3, 0.4) is 0 Å². The molecule has 1 aromatic rings. The van der Waals surface area contributed by atoms with Crippen molar-refractivity contribution in [1.82, 2.24) is 5.32 Å². The van der Waals surface area contributed by atoms with Crippen molar-refractivity contribution in [3.05, 3.63) is 35.6 Å². The third kappa shape index (κ3) is 4.53. The van der Waals surface area contributed by atoms with Gasteiger partial charge in [-0.05, 0) is 23.6 Å². The number of nitrogens with zero attached hydrogens (tertiary/aromatic N) is 1. The lowest BCUT2D eigenvalue weighted by atomic mass is 10.0. The number of esters is 1. The standard InChI is InChI=1S/C17H21FN2O4/c1-10(2)15(17(22)23-3)19-16(21)14-9-13(20-24-14)8-11-4-6-12(18)7-5-11/h4-7,10,14-15H,8-9H2,1-3H3,(H,19,21)/t14?,15-/m0/s1. The zero-order valence-electron chi connectivity index (χ0n) is 13.9. The monoisotopic (exact) mass is 336 g/mol. The van der Waals surface area contributed by atoms with Crippen LogP contribution in [0.15, 0.2) is 29.4 Å². The summed E-state index contributed by atoms with van der Waals surface area (Å²) in [6.07, 6.45) is 0.0375. The Morgan fingerprint density at radius 3 is 2.62 bits per heavy atom. The number of rotatable bonds is 6. The molecular formula is C17H21FN2O4. The lowest BCUT2D eigenvalue weighted by molar-refractivity contribution is -0.148. The molecule has 2 rings (SSSR count). The maximum Gasteiger partial charge on any atom is 0.328 e. The second kappa shape index (κ2) is 7.90. The van der Waals surface area contributed by atoms with Crippen molar-refractivity contribution < 1.29 is 23.6 Å². The van der Waals surface area contributed by atoms with E-state index < -0.39 is 24.0 Å². The van der Waals surface area contributed by atoms with Gasteiger partial charge in [-0.1, -0.05) is 31.1 Å². The summed E-state index contributed by atoms with van der Waals surface area (Å²) < 4.78 is 17.6. The SMILES string of the molecule is COC(=O)[C@@H](NC(=O)C1CC(Cc2ccc(F)cc2)=NO1)C(C)C. The Bertz CT molecular complexity index is 628. The van der Waals surface area contributed by atoms with Crippen molar-refractivity contribution >= 4 is 17.6 Å². The highest BCUT2D eigenvalue weighted by molar-refractivity contribution is 5.95. The maximum absolute atomic E-state index is 12.9. The Kier molecular flexibility index (Phi) is 5.89. The fraction of sp³-hybridized carbons (Fsp3) is 0.471. The summed E-state index contributed by atoms with van der Waals surface area (Å²) in [6.45, 7) is 3.63. The molecule has 0 saturated heterocycles. The second-order valence-electron chi connectivity index (χ2n) is 6.01. The highest BCUT2D eigenvalue weighted by Gasteiger charge is 2.32. The maximum atomic E-state index is 12.9. The Hall–Kier alpha value is -2.44. The zero-order chi connectivity index (χ0) is 17.7. The first-order chi connectivity index (χ1) is 11.4. The van der Waals surface area contributed by atoms with E-state index in [1.165, 1.54) is 19.2 Å². The quantitative estimate of drug-likeness (QED) is 0.804. The summed E-state index contributed by atoms with van der Waals surface area (Å²) in [6, 6.07) is 5.35. The van der Waals surface area contributed by atoms with Gasteiger partial charge in [0, 0.05) is 12.8 Å². The molecule has 0 aromatic heterocycles. The van der Waals surface area contributed by atoms with Crippen LogP contribution >= 0.6 is 0 Å². The number of nitrogens with one attached hydrogen (secondary N) is 1. The molecule has 0 bridgehead atoms. The van der Waals surface area contributed by atoms with Gasteiger partial charge in [0.1, 0.15) is 11.9 Å². The number of ether oxygens (including phenoxy) is 1. The number of halogens is 1. The van der Waals surface area contributed by atoms with E-state index in [2.05, 4.69) is 10.5 Å². The number of methoxy groups -OCH3 is 1. The highest BCUT2D eigenvalue weighted by atomic mass is 19.1. The van der Waals surface area contributed by atoms with Crippen molar-refractivity contribution in [2.45, 2.75) is 38.8 Å². The predicted molar refractivity (Wildman–Crippen MR) is 85.8 cm³/mol. The number of carbonyl (C=O) groups is 2. The van der Waals surface area contributed by atoms with Crippen LogP contribution in [0.25, 0.3) is 0 Å². The van der Waals surface area contributed by atoms with Gasteiger partial charge in [0.25, 0.3) is 5.91 Å². The molecule has 1 N–H and O–H groups in total. The first-order valence-corrected chi connectivity index (χ1v) is 7.75. The van der Waals surface area contributed by atoms with Crippen molar-refractivity contribution in [2.75, 3.05) is 7.11 Å². The summed E-state index contributed by atoms with van der Waals surface area (Å²) in [7, 11) is 1.28. The topological polar surface area (TPSA) is 77.0 Å². The van der Waals surface area contributed by atoms with Crippen LogP contribution < -0.4 is 5.32 Å². The van der Waals surface area contributed by atoms with Crippen LogP contribution in [-0.2, 0) is 25.6 Å². The van der Waals surface area contributed by atoms with Gasteiger partial charge in [-0.15, -0.1) is 0 Å². The molecule has 6 nitrogen and oxygen atoms in total. The third-order valence-electron chi connectivity index (χ3n) is 3.76. The zero-order valence-corrected chi connectivity index (χ0v) is 13.9. The molecule has 0 fully saturated rings. The fourth-order valence-electron chi connectivity index (χ4n) is 2.38. The third-order valence-corrected chi connectivity index (χ3v) is 3.76. The molecule has 1 unspecified atom stereocenters. The summed E-state index contributed by atoms with van der Waals surface area (Å²) in [5.74, 6) is -1.31. The van der Waals surface area contributed by atoms with E-state index in [4.69, 9.17) is 9.57 Å². The lowest BCUT2D eigenvalue weighted by Crippen LogP contribution is -2.48. The second-order valence-corrected chi connectivity index (χ2v) is 6.01. The molecule has 2 atom stereocenters. The van der Waals surface area contributed by atoms with Crippen LogP contribution in [0.4, 0.5) is 4.39 Å². The van der Waals surface area contributed by atoms with Crippen LogP contribution in [0.1, 0.15) is 25.8 Å². The van der Waals surface area contributed by atoms with E-state index >= 15 is 0 Å². The molecular weight excluding hydrogens is 315 g/mol. The van der Waals surface area contributed by atoms with Crippen LogP contribution in [0.5, 0.6) is 0 Å². The highest BCUT2D eigenvalue weighted by Crippen LogP contribution is 2.16. The van der Waals surface area contributed by atoms with E-state index in [1.807, 2.05) is 13.8 Å². The van der Waals surface area contributed by atoms with Gasteiger partial charge in [-0.25, -0.2) is 9.18 Å². The first kappa shape index (κ1) is 17.9. The smallest absolute Gasteiger partial charge is 0.328 e. The molecule has 7 heteroatoms. The van der Waals surface area contributed by atoms with E-state index in [0.717, 1.165) is 5.56 Å². The first-order valence-electron chi connectivity index (χ1n) is 7.75. The lowest BCUT2D eigenvalue weighted by Gasteiger charge is -2.21. The normalized spacial score (nSPS) is 17.9. The molecule has 1 aliphatic rings. The van der Waals surface area contributed by atoms with Gasteiger partial charge in [0.2, 0.25) is 6.10 Å². The Morgan fingerprint density at radius 2 is 2.04 bits per heavy atom. The van der Waals surface area contributed by atoms with E-state index in [0.29, 0.717) is 18.6 Å². The van der Waals surface area contributed by atoms with Crippen LogP contribution in [0, 0.1) is 11.7 Å². The molecule has 1 amide bonds. The number of hydrogen-bond donors (Lipinski definition) is 1. The Labute approximate surface area is 140 Å². The van der Waals surface area contributed by atoms with E-state index in [9.17, 15) is 14.0 Å². The van der Waals surface area contributed by atoms with Crippen molar-refractivity contribution in [3.63, 3.8) is 0 Å². The van der Waals surface area contributed by atoms with Gasteiger partial charge in [0.15, 0.2) is 0 Å². The number of benzene rings is 1. The molecule has 1 heterocycles. The van der Waals surface area contributed by atoms with Crippen molar-refractivity contribution in [2.24, 2.45) is 11.1 Å². The Morgan fingerprint density at radius 1 is 1.38 bits per heavy atom. The molecule has 130 valence electrons. The van der Waals surface area contributed by atoms with Gasteiger partial charge >= 0.3 is 5.97 Å². The van der Waals surface area contributed by atoms with E-state index in [-0.39, 0.29) is 11.7 Å². The predicted octanol–water partition coefficient (Wildman–Crippen LogP) is 1.83. The summed E-state index contributed by atoms with van der Waals surface area (Å²) >= 11 is 0. The minimum absolute atomic E-state index is 0.109.